The van der Waals surface area contributed by atoms with E-state index in [1.54, 1.807) is 0 Å². The lowest BCUT2D eigenvalue weighted by Gasteiger charge is -2.32. The van der Waals surface area contributed by atoms with E-state index in [1.165, 1.54) is 19.3 Å². The molecule has 4 heteroatoms. The minimum Gasteiger partial charge on any atom is -0.293 e. The zero-order valence-corrected chi connectivity index (χ0v) is 8.70. The molecule has 3 unspecified atom stereocenters. The average Bonchev–Trinajstić information content (AvgIpc) is 2.80. The second-order valence-corrected chi connectivity index (χ2v) is 4.46. The molecule has 1 aliphatic heterocycles. The van der Waals surface area contributed by atoms with Gasteiger partial charge < -0.3 is 0 Å². The minimum atomic E-state index is -0.0277. The van der Waals surface area contributed by atoms with Crippen molar-refractivity contribution < 1.29 is 4.79 Å². The number of piperidine rings is 1. The summed E-state index contributed by atoms with van der Waals surface area (Å²) in [4.78, 5) is 13.9. The Kier molecular flexibility index (Phi) is 2.74. The highest BCUT2D eigenvalue weighted by molar-refractivity contribution is 5.81. The Hall–Kier alpha value is -0.610. The number of hydrogen-bond donors (Lipinski definition) is 2. The van der Waals surface area contributed by atoms with Gasteiger partial charge in [0.2, 0.25) is 0 Å². The van der Waals surface area contributed by atoms with Crippen LogP contribution in [0.1, 0.15) is 32.6 Å². The number of nitrogens with zero attached hydrogens (tertiary/aromatic N) is 1. The zero-order chi connectivity index (χ0) is 10.1. The molecule has 1 saturated heterocycles. The molecule has 80 valence electrons. The van der Waals surface area contributed by atoms with Crippen LogP contribution >= 0.6 is 0 Å². The van der Waals surface area contributed by atoms with Crippen LogP contribution in [-0.4, -0.2) is 29.4 Å². The second kappa shape index (κ2) is 3.87. The summed E-state index contributed by atoms with van der Waals surface area (Å²) in [6.45, 7) is 3.14. The molecular formula is C10H19N3O. The van der Waals surface area contributed by atoms with Gasteiger partial charge in [0.25, 0.3) is 5.91 Å². The molecule has 0 aromatic carbocycles. The Morgan fingerprint density at radius 2 is 2.43 bits per heavy atom. The van der Waals surface area contributed by atoms with Crippen LogP contribution in [0.15, 0.2) is 0 Å². The number of nitrogens with two attached hydrogens (primary N) is 1. The molecule has 1 saturated carbocycles. The fourth-order valence-corrected chi connectivity index (χ4v) is 3.01. The summed E-state index contributed by atoms with van der Waals surface area (Å²) < 4.78 is 0. The molecule has 2 fully saturated rings. The first kappa shape index (κ1) is 9.93. The molecule has 4 nitrogen and oxygen atoms in total. The number of hydrogen-bond acceptors (Lipinski definition) is 3. The molecule has 14 heavy (non-hydrogen) atoms. The van der Waals surface area contributed by atoms with Crippen LogP contribution in [0.5, 0.6) is 0 Å². The maximum absolute atomic E-state index is 11.5. The van der Waals surface area contributed by atoms with E-state index in [-0.39, 0.29) is 11.9 Å². The number of nitrogens with one attached hydrogen (secondary N) is 1. The summed E-state index contributed by atoms with van der Waals surface area (Å²) in [5.41, 5.74) is 2.27. The first-order valence-corrected chi connectivity index (χ1v) is 5.52. The van der Waals surface area contributed by atoms with Gasteiger partial charge in [0.1, 0.15) is 0 Å². The van der Waals surface area contributed by atoms with Crippen molar-refractivity contribution in [3.05, 3.63) is 0 Å². The Morgan fingerprint density at radius 3 is 2.86 bits per heavy atom. The quantitative estimate of drug-likeness (QED) is 0.387. The number of likely N-dealkylation sites (tertiary alicyclic amines) is 1. The molecule has 1 aliphatic carbocycles. The second-order valence-electron chi connectivity index (χ2n) is 4.46. The largest absolute Gasteiger partial charge is 0.293 e. The topological polar surface area (TPSA) is 58.4 Å². The molecule has 2 rings (SSSR count). The van der Waals surface area contributed by atoms with E-state index >= 15 is 0 Å². The summed E-state index contributed by atoms with van der Waals surface area (Å²) in [5.74, 6) is 5.99. The Bertz CT molecular complexity index is 231. The lowest BCUT2D eigenvalue weighted by molar-refractivity contribution is -0.127. The molecular weight excluding hydrogens is 178 g/mol. The van der Waals surface area contributed by atoms with Crippen LogP contribution in [0, 0.1) is 5.92 Å². The molecule has 2 aliphatic rings. The number of hydrazine groups is 1. The van der Waals surface area contributed by atoms with Crippen LogP contribution < -0.4 is 11.3 Å². The number of carbonyl (C=O) groups excluding carboxylic acids is 1. The highest BCUT2D eigenvalue weighted by Crippen LogP contribution is 2.38. The van der Waals surface area contributed by atoms with Gasteiger partial charge in [-0.1, -0.05) is 6.92 Å². The van der Waals surface area contributed by atoms with Crippen molar-refractivity contribution >= 4 is 5.91 Å². The van der Waals surface area contributed by atoms with Crippen molar-refractivity contribution in [1.29, 1.82) is 0 Å². The number of fused-ring (bicyclic) bond motifs is 2. The molecule has 0 spiro atoms. The van der Waals surface area contributed by atoms with Crippen molar-refractivity contribution in [3.63, 3.8) is 0 Å². The molecule has 0 aromatic heterocycles. The van der Waals surface area contributed by atoms with E-state index in [9.17, 15) is 4.79 Å². The smallest absolute Gasteiger partial charge is 0.251 e. The van der Waals surface area contributed by atoms with Crippen molar-refractivity contribution in [2.24, 2.45) is 11.8 Å². The predicted molar refractivity (Wildman–Crippen MR) is 54.2 cm³/mol. The predicted octanol–water partition coefficient (Wildman–Crippen LogP) is 0.239. The molecule has 0 aromatic rings. The van der Waals surface area contributed by atoms with Crippen molar-refractivity contribution in [2.45, 2.75) is 44.7 Å². The van der Waals surface area contributed by atoms with E-state index < -0.39 is 0 Å². The first-order chi connectivity index (χ1) is 6.76. The Morgan fingerprint density at radius 1 is 1.64 bits per heavy atom. The van der Waals surface area contributed by atoms with Crippen molar-refractivity contribution in [2.75, 3.05) is 6.54 Å². The van der Waals surface area contributed by atoms with E-state index in [4.69, 9.17) is 5.84 Å². The zero-order valence-electron chi connectivity index (χ0n) is 8.70. The summed E-state index contributed by atoms with van der Waals surface area (Å²) in [7, 11) is 0. The van der Waals surface area contributed by atoms with Gasteiger partial charge in [-0.3, -0.25) is 15.1 Å². The molecule has 1 heterocycles. The minimum absolute atomic E-state index is 0.00435. The maximum Gasteiger partial charge on any atom is 0.251 e. The van der Waals surface area contributed by atoms with E-state index in [2.05, 4.69) is 10.3 Å². The Labute approximate surface area is 84.8 Å². The highest BCUT2D eigenvalue weighted by atomic mass is 16.2. The van der Waals surface area contributed by atoms with E-state index in [1.807, 2.05) is 6.92 Å². The average molecular weight is 197 g/mol. The lowest BCUT2D eigenvalue weighted by Crippen LogP contribution is -2.51. The van der Waals surface area contributed by atoms with Crippen molar-refractivity contribution in [1.82, 2.24) is 10.3 Å². The summed E-state index contributed by atoms with van der Waals surface area (Å²) in [5, 5.41) is 0. The lowest BCUT2D eigenvalue weighted by atomic mass is 10.1. The summed E-state index contributed by atoms with van der Waals surface area (Å²) in [6, 6.07) is 0.637. The Balaban J connectivity index is 2.02. The van der Waals surface area contributed by atoms with E-state index in [0.717, 1.165) is 18.9 Å². The van der Waals surface area contributed by atoms with Gasteiger partial charge in [-0.05, 0) is 31.6 Å². The standard InChI is InChI=1S/C10H19N3O/c1-2-9(10(14)12-11)13-6-7-3-4-8(13)5-7/h7-9H,2-6,11H2,1H3,(H,12,14). The van der Waals surface area contributed by atoms with Gasteiger partial charge in [0.05, 0.1) is 6.04 Å². The SMILES string of the molecule is CCC(C(=O)NN)N1CC2CCC1C2. The van der Waals surface area contributed by atoms with Crippen LogP contribution in [0.3, 0.4) is 0 Å². The number of amides is 1. The fraction of sp³-hybridized carbons (Fsp3) is 0.900. The monoisotopic (exact) mass is 197 g/mol. The van der Waals surface area contributed by atoms with Gasteiger partial charge >= 0.3 is 0 Å². The van der Waals surface area contributed by atoms with Gasteiger partial charge in [0.15, 0.2) is 0 Å². The normalized spacial score (nSPS) is 33.3. The highest BCUT2D eigenvalue weighted by Gasteiger charge is 2.42. The van der Waals surface area contributed by atoms with Gasteiger partial charge in [0, 0.05) is 12.6 Å². The number of carbonyl (C=O) groups is 1. The first-order valence-electron chi connectivity index (χ1n) is 5.52. The van der Waals surface area contributed by atoms with Crippen LogP contribution in [0.25, 0.3) is 0 Å². The van der Waals surface area contributed by atoms with Crippen molar-refractivity contribution in [3.8, 4) is 0 Å². The fourth-order valence-electron chi connectivity index (χ4n) is 3.01. The molecule has 3 atom stereocenters. The summed E-state index contributed by atoms with van der Waals surface area (Å²) >= 11 is 0. The third-order valence-corrected chi connectivity index (χ3v) is 3.68. The van der Waals surface area contributed by atoms with Gasteiger partial charge in [-0.25, -0.2) is 5.84 Å². The third kappa shape index (κ3) is 1.53. The van der Waals surface area contributed by atoms with Crippen LogP contribution in [-0.2, 0) is 4.79 Å². The van der Waals surface area contributed by atoms with Gasteiger partial charge in [-0.2, -0.15) is 0 Å². The molecule has 0 radical (unpaired) electrons. The third-order valence-electron chi connectivity index (χ3n) is 3.68. The van der Waals surface area contributed by atoms with E-state index in [0.29, 0.717) is 6.04 Å². The molecule has 2 bridgehead atoms. The van der Waals surface area contributed by atoms with Crippen LogP contribution in [0.4, 0.5) is 0 Å². The number of rotatable bonds is 3. The molecule has 1 amide bonds. The molecule has 3 N–H and O–H groups in total. The maximum atomic E-state index is 11.5. The summed E-state index contributed by atoms with van der Waals surface area (Å²) in [6.07, 6.45) is 4.75. The van der Waals surface area contributed by atoms with Gasteiger partial charge in [-0.15, -0.1) is 0 Å². The van der Waals surface area contributed by atoms with Crippen LogP contribution in [0.2, 0.25) is 0 Å².